The van der Waals surface area contributed by atoms with E-state index in [0.29, 0.717) is 0 Å². The molecule has 2 N–H and O–H groups in total. The van der Waals surface area contributed by atoms with Crippen molar-refractivity contribution in [2.75, 3.05) is 18.1 Å². The van der Waals surface area contributed by atoms with Crippen LogP contribution in [0.5, 0.6) is 0 Å². The van der Waals surface area contributed by atoms with E-state index in [4.69, 9.17) is 5.73 Å². The summed E-state index contributed by atoms with van der Waals surface area (Å²) in [7, 11) is 0. The molecule has 1 saturated heterocycles. The van der Waals surface area contributed by atoms with Crippen LogP contribution in [0, 0.1) is 5.92 Å². The molecule has 0 atom stereocenters. The van der Waals surface area contributed by atoms with E-state index in [1.165, 1.54) is 24.3 Å². The van der Waals surface area contributed by atoms with Gasteiger partial charge in [-0.15, -0.1) is 0 Å². The highest BCUT2D eigenvalue weighted by molar-refractivity contribution is 7.99. The van der Waals surface area contributed by atoms with Crippen molar-refractivity contribution in [2.45, 2.75) is 26.7 Å². The molecule has 0 saturated carbocycles. The van der Waals surface area contributed by atoms with Gasteiger partial charge >= 0.3 is 0 Å². The summed E-state index contributed by atoms with van der Waals surface area (Å²) in [4.78, 5) is 0. The third kappa shape index (κ3) is 4.18. The predicted octanol–water partition coefficient (Wildman–Crippen LogP) is 2.11. The van der Waals surface area contributed by atoms with Gasteiger partial charge in [0, 0.05) is 0 Å². The normalized spacial score (nSPS) is 19.5. The van der Waals surface area contributed by atoms with Gasteiger partial charge in [-0.25, -0.2) is 0 Å². The largest absolute Gasteiger partial charge is 0.330 e. The Morgan fingerprint density at radius 2 is 1.80 bits per heavy atom. The zero-order valence-corrected chi connectivity index (χ0v) is 7.91. The molecule has 0 radical (unpaired) electrons. The van der Waals surface area contributed by atoms with Gasteiger partial charge in [0.1, 0.15) is 0 Å². The molecule has 0 spiro atoms. The first-order valence-corrected chi connectivity index (χ1v) is 5.37. The van der Waals surface area contributed by atoms with Crippen molar-refractivity contribution in [3.8, 4) is 0 Å². The van der Waals surface area contributed by atoms with Crippen LogP contribution < -0.4 is 5.73 Å². The van der Waals surface area contributed by atoms with Gasteiger partial charge in [0.2, 0.25) is 0 Å². The first-order chi connectivity index (χ1) is 4.93. The number of nitrogens with two attached hydrogens (primary N) is 1. The molecule has 2 heteroatoms. The molecule has 62 valence electrons. The SMILES string of the molecule is CC.NCC1CCSCC1. The Kier molecular flexibility index (Phi) is 7.65. The van der Waals surface area contributed by atoms with Crippen LogP contribution in [0.2, 0.25) is 0 Å². The lowest BCUT2D eigenvalue weighted by atomic mass is 10.0. The van der Waals surface area contributed by atoms with E-state index in [1.54, 1.807) is 0 Å². The molecule has 1 rings (SSSR count). The summed E-state index contributed by atoms with van der Waals surface area (Å²) >= 11 is 2.06. The molecule has 1 aliphatic heterocycles. The third-order valence-corrected chi connectivity index (χ3v) is 2.72. The van der Waals surface area contributed by atoms with Gasteiger partial charge in [0.25, 0.3) is 0 Å². The molecule has 1 nitrogen and oxygen atoms in total. The van der Waals surface area contributed by atoms with Crippen LogP contribution in [0.15, 0.2) is 0 Å². The second-order valence-electron chi connectivity index (χ2n) is 2.29. The van der Waals surface area contributed by atoms with E-state index >= 15 is 0 Å². The van der Waals surface area contributed by atoms with Crippen molar-refractivity contribution < 1.29 is 0 Å². The molecule has 1 heterocycles. The fourth-order valence-electron chi connectivity index (χ4n) is 0.982. The highest BCUT2D eigenvalue weighted by atomic mass is 32.2. The minimum Gasteiger partial charge on any atom is -0.330 e. The fourth-order valence-corrected chi connectivity index (χ4v) is 2.19. The molecule has 0 aliphatic carbocycles. The molecule has 0 amide bonds. The highest BCUT2D eigenvalue weighted by Gasteiger charge is 2.10. The van der Waals surface area contributed by atoms with E-state index in [9.17, 15) is 0 Å². The Morgan fingerprint density at radius 1 is 1.30 bits per heavy atom. The monoisotopic (exact) mass is 161 g/mol. The maximum atomic E-state index is 5.49. The molecular formula is C8H19NS. The molecule has 0 bridgehead atoms. The number of hydrogen-bond acceptors (Lipinski definition) is 2. The van der Waals surface area contributed by atoms with Crippen molar-refractivity contribution in [3.63, 3.8) is 0 Å². The average Bonchev–Trinajstić information content (AvgIpc) is 2.10. The number of rotatable bonds is 1. The van der Waals surface area contributed by atoms with E-state index in [-0.39, 0.29) is 0 Å². The van der Waals surface area contributed by atoms with E-state index < -0.39 is 0 Å². The van der Waals surface area contributed by atoms with Crippen LogP contribution in [-0.4, -0.2) is 18.1 Å². The van der Waals surface area contributed by atoms with Crippen molar-refractivity contribution in [2.24, 2.45) is 11.7 Å². The summed E-state index contributed by atoms with van der Waals surface area (Å²) in [6, 6.07) is 0. The smallest absolute Gasteiger partial charge is 0.00483 e. The standard InChI is InChI=1S/C6H13NS.C2H6/c7-5-6-1-3-8-4-2-6;1-2/h6H,1-5,7H2;1-2H3. The molecular weight excluding hydrogens is 142 g/mol. The summed E-state index contributed by atoms with van der Waals surface area (Å²) in [5.74, 6) is 3.51. The minimum atomic E-state index is 0.844. The Balaban J connectivity index is 0.000000371. The van der Waals surface area contributed by atoms with Gasteiger partial charge in [0.05, 0.1) is 0 Å². The van der Waals surface area contributed by atoms with E-state index in [0.717, 1.165) is 12.5 Å². The second-order valence-corrected chi connectivity index (χ2v) is 3.52. The van der Waals surface area contributed by atoms with Crippen LogP contribution in [0.3, 0.4) is 0 Å². The van der Waals surface area contributed by atoms with Crippen molar-refractivity contribution in [1.82, 2.24) is 0 Å². The molecule has 0 unspecified atom stereocenters. The Hall–Kier alpha value is 0.310. The van der Waals surface area contributed by atoms with Gasteiger partial charge in [-0.3, -0.25) is 0 Å². The maximum Gasteiger partial charge on any atom is -0.00483 e. The van der Waals surface area contributed by atoms with Gasteiger partial charge in [-0.2, -0.15) is 11.8 Å². The van der Waals surface area contributed by atoms with Crippen LogP contribution >= 0.6 is 11.8 Å². The molecule has 0 aromatic rings. The summed E-state index contributed by atoms with van der Waals surface area (Å²) in [5, 5.41) is 0. The summed E-state index contributed by atoms with van der Waals surface area (Å²) in [6.07, 6.45) is 2.70. The predicted molar refractivity (Wildman–Crippen MR) is 50.5 cm³/mol. The fraction of sp³-hybridized carbons (Fsp3) is 1.00. The average molecular weight is 161 g/mol. The van der Waals surface area contributed by atoms with Gasteiger partial charge in [-0.05, 0) is 36.8 Å². The lowest BCUT2D eigenvalue weighted by Crippen LogP contribution is -2.18. The zero-order valence-electron chi connectivity index (χ0n) is 7.10. The zero-order chi connectivity index (χ0) is 7.82. The maximum absolute atomic E-state index is 5.49. The van der Waals surface area contributed by atoms with Crippen molar-refractivity contribution in [1.29, 1.82) is 0 Å². The summed E-state index contributed by atoms with van der Waals surface area (Å²) in [6.45, 7) is 4.90. The summed E-state index contributed by atoms with van der Waals surface area (Å²) < 4.78 is 0. The number of hydrogen-bond donors (Lipinski definition) is 1. The van der Waals surface area contributed by atoms with Gasteiger partial charge in [-0.1, -0.05) is 13.8 Å². The first kappa shape index (κ1) is 10.3. The summed E-state index contributed by atoms with van der Waals surface area (Å²) in [5.41, 5.74) is 5.49. The number of thioether (sulfide) groups is 1. The van der Waals surface area contributed by atoms with E-state index in [1.807, 2.05) is 13.8 Å². The molecule has 0 aromatic heterocycles. The lowest BCUT2D eigenvalue weighted by Gasteiger charge is -2.18. The van der Waals surface area contributed by atoms with Crippen molar-refractivity contribution in [3.05, 3.63) is 0 Å². The second kappa shape index (κ2) is 7.42. The molecule has 1 aliphatic rings. The Morgan fingerprint density at radius 3 is 2.10 bits per heavy atom. The third-order valence-electron chi connectivity index (χ3n) is 1.67. The highest BCUT2D eigenvalue weighted by Crippen LogP contribution is 2.20. The van der Waals surface area contributed by atoms with Crippen LogP contribution in [0.25, 0.3) is 0 Å². The molecule has 1 fully saturated rings. The van der Waals surface area contributed by atoms with Crippen LogP contribution in [0.1, 0.15) is 26.7 Å². The van der Waals surface area contributed by atoms with Gasteiger partial charge < -0.3 is 5.73 Å². The van der Waals surface area contributed by atoms with Crippen molar-refractivity contribution >= 4 is 11.8 Å². The minimum absolute atomic E-state index is 0.844. The Bertz CT molecular complexity index is 60.3. The van der Waals surface area contributed by atoms with Gasteiger partial charge in [0.15, 0.2) is 0 Å². The Labute approximate surface area is 68.8 Å². The quantitative estimate of drug-likeness (QED) is 0.637. The molecule has 0 aromatic carbocycles. The topological polar surface area (TPSA) is 26.0 Å². The van der Waals surface area contributed by atoms with Crippen LogP contribution in [0.4, 0.5) is 0 Å². The van der Waals surface area contributed by atoms with E-state index in [2.05, 4.69) is 11.8 Å². The van der Waals surface area contributed by atoms with Crippen LogP contribution in [-0.2, 0) is 0 Å². The first-order valence-electron chi connectivity index (χ1n) is 4.21. The lowest BCUT2D eigenvalue weighted by molar-refractivity contribution is 0.502. The molecule has 10 heavy (non-hydrogen) atoms.